The van der Waals surface area contributed by atoms with Crippen molar-refractivity contribution in [3.05, 3.63) is 93.8 Å². The molecule has 5 aromatic rings. The highest BCUT2D eigenvalue weighted by molar-refractivity contribution is 5.98. The predicted octanol–water partition coefficient (Wildman–Crippen LogP) is 2.30. The zero-order chi connectivity index (χ0) is 28.4. The van der Waals surface area contributed by atoms with Crippen LogP contribution in [0.3, 0.4) is 0 Å². The van der Waals surface area contributed by atoms with Gasteiger partial charge in [-0.3, -0.25) is 19.0 Å². The average molecular weight is 535 g/mol. The van der Waals surface area contributed by atoms with Crippen molar-refractivity contribution in [1.82, 2.24) is 34.8 Å². The second kappa shape index (κ2) is 10.7. The lowest BCUT2D eigenvalue weighted by Crippen LogP contribution is -2.34. The van der Waals surface area contributed by atoms with E-state index in [2.05, 4.69) is 32.6 Å². The topological polar surface area (TPSA) is 149 Å². The fraction of sp³-hybridized carbons (Fsp3) is 0.172. The van der Waals surface area contributed by atoms with Crippen molar-refractivity contribution in [3.63, 3.8) is 0 Å². The first-order valence-electron chi connectivity index (χ1n) is 12.5. The predicted molar refractivity (Wildman–Crippen MR) is 151 cm³/mol. The van der Waals surface area contributed by atoms with Crippen LogP contribution < -0.4 is 21.9 Å². The molecule has 5 rings (SSSR count). The third-order valence-corrected chi connectivity index (χ3v) is 6.17. The Morgan fingerprint density at radius 1 is 1.05 bits per heavy atom. The molecule has 0 aliphatic carbocycles. The van der Waals surface area contributed by atoms with E-state index in [0.29, 0.717) is 39.3 Å². The molecule has 1 atom stereocenters. The number of carbonyl (C=O) groups excluding carboxylic acids is 2. The molecule has 11 heteroatoms. The summed E-state index contributed by atoms with van der Waals surface area (Å²) in [5.74, 6) is 5.49. The largest absolute Gasteiger partial charge is 0.382 e. The summed E-state index contributed by atoms with van der Waals surface area (Å²) < 4.78 is 2.86. The number of nitrogens with one attached hydrogen (secondary N) is 2. The molecule has 0 aliphatic rings. The van der Waals surface area contributed by atoms with Gasteiger partial charge in [-0.15, -0.1) is 0 Å². The van der Waals surface area contributed by atoms with E-state index in [-0.39, 0.29) is 29.5 Å². The number of anilines is 1. The number of aromatic nitrogens is 5. The minimum Gasteiger partial charge on any atom is -0.382 e. The molecule has 3 heterocycles. The first-order chi connectivity index (χ1) is 19.2. The van der Waals surface area contributed by atoms with Crippen LogP contribution in [-0.4, -0.2) is 42.5 Å². The SMILES string of the molecule is CC(=O)NCC#Cc1cccc2nc(C(C)NC(=O)c3c(N)nc4ccc(C)nn34)n(-c3ccccc3)c(=O)c12. The maximum Gasteiger partial charge on any atom is 0.274 e. The summed E-state index contributed by atoms with van der Waals surface area (Å²) in [5.41, 5.74) is 8.44. The summed E-state index contributed by atoms with van der Waals surface area (Å²) in [5, 5.41) is 10.2. The Morgan fingerprint density at radius 3 is 2.58 bits per heavy atom. The summed E-state index contributed by atoms with van der Waals surface area (Å²) in [7, 11) is 0. The molecule has 2 amide bonds. The number of benzene rings is 2. The molecule has 0 saturated heterocycles. The van der Waals surface area contributed by atoms with E-state index in [1.807, 2.05) is 18.2 Å². The van der Waals surface area contributed by atoms with E-state index >= 15 is 0 Å². The van der Waals surface area contributed by atoms with Crippen molar-refractivity contribution < 1.29 is 9.59 Å². The Hall–Kier alpha value is -5.50. The van der Waals surface area contributed by atoms with Crippen LogP contribution in [0.25, 0.3) is 22.2 Å². The molecule has 200 valence electrons. The smallest absolute Gasteiger partial charge is 0.274 e. The number of para-hydroxylation sites is 1. The first kappa shape index (κ1) is 26.1. The lowest BCUT2D eigenvalue weighted by atomic mass is 10.1. The molecule has 40 heavy (non-hydrogen) atoms. The molecule has 11 nitrogen and oxygen atoms in total. The van der Waals surface area contributed by atoms with Gasteiger partial charge in [-0.05, 0) is 50.2 Å². The van der Waals surface area contributed by atoms with E-state index in [4.69, 9.17) is 10.7 Å². The molecular formula is C29H26N8O3. The van der Waals surface area contributed by atoms with Crippen LogP contribution in [0, 0.1) is 18.8 Å². The van der Waals surface area contributed by atoms with Crippen LogP contribution in [0.2, 0.25) is 0 Å². The number of nitrogen functional groups attached to an aromatic ring is 1. The zero-order valence-electron chi connectivity index (χ0n) is 22.1. The molecule has 0 spiro atoms. The molecular weight excluding hydrogens is 508 g/mol. The highest BCUT2D eigenvalue weighted by Gasteiger charge is 2.24. The van der Waals surface area contributed by atoms with Crippen LogP contribution >= 0.6 is 0 Å². The molecule has 0 radical (unpaired) electrons. The number of nitrogens with two attached hydrogens (primary N) is 1. The fourth-order valence-electron chi connectivity index (χ4n) is 4.36. The lowest BCUT2D eigenvalue weighted by molar-refractivity contribution is -0.118. The quantitative estimate of drug-likeness (QED) is 0.293. The monoisotopic (exact) mass is 534 g/mol. The van der Waals surface area contributed by atoms with Crippen LogP contribution in [0.4, 0.5) is 5.82 Å². The summed E-state index contributed by atoms with van der Waals surface area (Å²) in [6, 6.07) is 17.0. The van der Waals surface area contributed by atoms with Crippen LogP contribution in [0.1, 0.15) is 47.5 Å². The molecule has 1 unspecified atom stereocenters. The van der Waals surface area contributed by atoms with Gasteiger partial charge in [0.1, 0.15) is 5.82 Å². The van der Waals surface area contributed by atoms with Crippen molar-refractivity contribution >= 4 is 34.2 Å². The summed E-state index contributed by atoms with van der Waals surface area (Å²) >= 11 is 0. The standard InChI is InChI=1S/C29H26N8O3/c1-17-14-15-23-34-26(30)25(37(23)35-17)28(39)32-18(2)27-33-22-13-7-9-20(10-8-16-31-19(3)38)24(22)29(40)36(27)21-11-5-4-6-12-21/h4-7,9,11-15,18H,16,30H2,1-3H3,(H,31,38)(H,32,39). The van der Waals surface area contributed by atoms with Gasteiger partial charge in [0.15, 0.2) is 17.2 Å². The second-order valence-electron chi connectivity index (χ2n) is 9.14. The van der Waals surface area contributed by atoms with Gasteiger partial charge in [-0.1, -0.05) is 36.1 Å². The first-order valence-corrected chi connectivity index (χ1v) is 12.5. The number of rotatable bonds is 5. The van der Waals surface area contributed by atoms with Crippen LogP contribution in [0.5, 0.6) is 0 Å². The molecule has 0 aliphatic heterocycles. The van der Waals surface area contributed by atoms with Crippen LogP contribution in [-0.2, 0) is 4.79 Å². The minimum absolute atomic E-state index is 0.0391. The van der Waals surface area contributed by atoms with Gasteiger partial charge in [-0.25, -0.2) is 14.5 Å². The van der Waals surface area contributed by atoms with Gasteiger partial charge >= 0.3 is 0 Å². The third-order valence-electron chi connectivity index (χ3n) is 6.17. The van der Waals surface area contributed by atoms with Gasteiger partial charge in [0.2, 0.25) is 5.91 Å². The molecule has 3 aromatic heterocycles. The van der Waals surface area contributed by atoms with Gasteiger partial charge in [-0.2, -0.15) is 5.10 Å². The Kier molecular flexibility index (Phi) is 6.99. The minimum atomic E-state index is -0.714. The fourth-order valence-corrected chi connectivity index (χ4v) is 4.36. The molecule has 0 fully saturated rings. The molecule has 0 bridgehead atoms. The van der Waals surface area contributed by atoms with E-state index in [1.54, 1.807) is 56.3 Å². The van der Waals surface area contributed by atoms with Gasteiger partial charge in [0, 0.05) is 12.5 Å². The third kappa shape index (κ3) is 4.98. The van der Waals surface area contributed by atoms with Crippen molar-refractivity contribution in [2.75, 3.05) is 12.3 Å². The van der Waals surface area contributed by atoms with Crippen molar-refractivity contribution in [1.29, 1.82) is 0 Å². The zero-order valence-corrected chi connectivity index (χ0v) is 22.1. The summed E-state index contributed by atoms with van der Waals surface area (Å²) in [6.45, 7) is 5.09. The number of amides is 2. The molecule has 0 saturated carbocycles. The van der Waals surface area contributed by atoms with Crippen molar-refractivity contribution in [2.24, 2.45) is 0 Å². The number of imidazole rings is 1. The number of nitrogens with zero attached hydrogens (tertiary/aromatic N) is 5. The number of carbonyl (C=O) groups is 2. The highest BCUT2D eigenvalue weighted by Crippen LogP contribution is 2.21. The Morgan fingerprint density at radius 2 is 1.82 bits per heavy atom. The van der Waals surface area contributed by atoms with Crippen molar-refractivity contribution in [2.45, 2.75) is 26.8 Å². The maximum absolute atomic E-state index is 14.0. The van der Waals surface area contributed by atoms with E-state index in [0.717, 1.165) is 0 Å². The van der Waals surface area contributed by atoms with Gasteiger partial charge < -0.3 is 16.4 Å². The Labute approximate surface area is 229 Å². The number of hydrogen-bond donors (Lipinski definition) is 3. The number of aryl methyl sites for hydroxylation is 1. The molecule has 2 aromatic carbocycles. The highest BCUT2D eigenvalue weighted by atomic mass is 16.2. The van der Waals surface area contributed by atoms with E-state index in [9.17, 15) is 14.4 Å². The summed E-state index contributed by atoms with van der Waals surface area (Å²) in [4.78, 5) is 47.7. The van der Waals surface area contributed by atoms with Crippen molar-refractivity contribution in [3.8, 4) is 17.5 Å². The van der Waals surface area contributed by atoms with E-state index < -0.39 is 11.9 Å². The number of hydrogen-bond acceptors (Lipinski definition) is 7. The van der Waals surface area contributed by atoms with Gasteiger partial charge in [0.05, 0.1) is 34.9 Å². The summed E-state index contributed by atoms with van der Waals surface area (Å²) in [6.07, 6.45) is 0. The molecule has 4 N–H and O–H groups in total. The van der Waals surface area contributed by atoms with Crippen LogP contribution in [0.15, 0.2) is 65.5 Å². The normalized spacial score (nSPS) is 11.6. The number of fused-ring (bicyclic) bond motifs is 2. The lowest BCUT2D eigenvalue weighted by Gasteiger charge is -2.20. The van der Waals surface area contributed by atoms with Gasteiger partial charge in [0.25, 0.3) is 11.5 Å². The second-order valence-corrected chi connectivity index (χ2v) is 9.14. The Bertz CT molecular complexity index is 1900. The van der Waals surface area contributed by atoms with E-state index in [1.165, 1.54) is 16.0 Å². The maximum atomic E-state index is 14.0. The Balaban J connectivity index is 1.61. The average Bonchev–Trinajstić information content (AvgIpc) is 3.26.